The number of carbonyl (C=O) groups is 1. The zero-order chi connectivity index (χ0) is 18.4. The van der Waals surface area contributed by atoms with Crippen LogP contribution in [0.1, 0.15) is 17.2 Å². The fraction of sp³-hybridized carbons (Fsp3) is 0.100. The van der Waals surface area contributed by atoms with Crippen molar-refractivity contribution in [1.82, 2.24) is 10.3 Å². The van der Waals surface area contributed by atoms with E-state index < -0.39 is 5.82 Å². The van der Waals surface area contributed by atoms with Gasteiger partial charge in [0.15, 0.2) is 18.2 Å². The van der Waals surface area contributed by atoms with E-state index in [0.29, 0.717) is 4.47 Å². The van der Waals surface area contributed by atoms with Crippen LogP contribution in [0.15, 0.2) is 77.5 Å². The third-order valence-corrected chi connectivity index (χ3v) is 4.22. The Hall–Kier alpha value is -2.73. The minimum absolute atomic E-state index is 0.0310. The Labute approximate surface area is 159 Å². The molecule has 1 amide bonds. The van der Waals surface area contributed by atoms with Gasteiger partial charge >= 0.3 is 0 Å². The fourth-order valence-electron chi connectivity index (χ4n) is 2.50. The molecular formula is C20H16BrFN2O2. The topological polar surface area (TPSA) is 51.2 Å². The second-order valence-corrected chi connectivity index (χ2v) is 6.47. The maximum absolute atomic E-state index is 13.8. The highest BCUT2D eigenvalue weighted by Crippen LogP contribution is 2.23. The number of nitrogens with one attached hydrogen (secondary N) is 1. The lowest BCUT2D eigenvalue weighted by molar-refractivity contribution is -0.123. The van der Waals surface area contributed by atoms with E-state index in [9.17, 15) is 9.18 Å². The van der Waals surface area contributed by atoms with Crippen molar-refractivity contribution in [1.29, 1.82) is 0 Å². The van der Waals surface area contributed by atoms with Crippen molar-refractivity contribution in [2.75, 3.05) is 6.61 Å². The molecule has 4 nitrogen and oxygen atoms in total. The van der Waals surface area contributed by atoms with Gasteiger partial charge in [0.1, 0.15) is 0 Å². The lowest BCUT2D eigenvalue weighted by Gasteiger charge is -2.20. The van der Waals surface area contributed by atoms with Crippen molar-refractivity contribution in [3.63, 3.8) is 0 Å². The molecule has 1 atom stereocenters. The normalized spacial score (nSPS) is 11.6. The number of carbonyl (C=O) groups excluding carboxylic acids is 1. The summed E-state index contributed by atoms with van der Waals surface area (Å²) in [6, 6.07) is 17.3. The number of rotatable bonds is 6. The van der Waals surface area contributed by atoms with E-state index >= 15 is 0 Å². The van der Waals surface area contributed by atoms with Crippen molar-refractivity contribution in [2.45, 2.75) is 6.04 Å². The summed E-state index contributed by atoms with van der Waals surface area (Å²) in [4.78, 5) is 16.4. The number of pyridine rings is 1. The maximum atomic E-state index is 13.8. The van der Waals surface area contributed by atoms with Crippen molar-refractivity contribution < 1.29 is 13.9 Å². The second kappa shape index (κ2) is 8.58. The Morgan fingerprint density at radius 3 is 2.46 bits per heavy atom. The zero-order valence-corrected chi connectivity index (χ0v) is 15.3. The SMILES string of the molecule is O=C(COc1ccc(Br)cc1F)NC(c1ccccc1)c1ccncc1. The third-order valence-electron chi connectivity index (χ3n) is 3.73. The van der Waals surface area contributed by atoms with E-state index in [-0.39, 0.29) is 24.3 Å². The first-order chi connectivity index (χ1) is 12.6. The minimum Gasteiger partial charge on any atom is -0.481 e. The van der Waals surface area contributed by atoms with E-state index in [1.54, 1.807) is 18.5 Å². The molecule has 3 rings (SSSR count). The van der Waals surface area contributed by atoms with Crippen LogP contribution in [0.4, 0.5) is 4.39 Å². The van der Waals surface area contributed by atoms with E-state index in [0.717, 1.165) is 11.1 Å². The predicted molar refractivity (Wildman–Crippen MR) is 100 cm³/mol. The van der Waals surface area contributed by atoms with Crippen LogP contribution in [0, 0.1) is 5.82 Å². The van der Waals surface area contributed by atoms with Gasteiger partial charge in [-0.2, -0.15) is 0 Å². The van der Waals surface area contributed by atoms with Crippen molar-refractivity contribution in [3.05, 3.63) is 94.5 Å². The maximum Gasteiger partial charge on any atom is 0.258 e. The van der Waals surface area contributed by atoms with Crippen LogP contribution >= 0.6 is 15.9 Å². The quantitative estimate of drug-likeness (QED) is 0.655. The Morgan fingerprint density at radius 2 is 1.77 bits per heavy atom. The van der Waals surface area contributed by atoms with Crippen LogP contribution in [0.5, 0.6) is 5.75 Å². The average molecular weight is 415 g/mol. The van der Waals surface area contributed by atoms with Crippen LogP contribution in [-0.4, -0.2) is 17.5 Å². The number of benzene rings is 2. The summed E-state index contributed by atoms with van der Waals surface area (Å²) >= 11 is 3.18. The molecule has 26 heavy (non-hydrogen) atoms. The standard InChI is InChI=1S/C20H16BrFN2O2/c21-16-6-7-18(17(22)12-16)26-13-19(25)24-20(14-4-2-1-3-5-14)15-8-10-23-11-9-15/h1-12,20H,13H2,(H,24,25). The van der Waals surface area contributed by atoms with Crippen molar-refractivity contribution in [3.8, 4) is 5.75 Å². The molecule has 0 bridgehead atoms. The highest BCUT2D eigenvalue weighted by molar-refractivity contribution is 9.10. The molecule has 0 radical (unpaired) electrons. The van der Waals surface area contributed by atoms with Gasteiger partial charge < -0.3 is 10.1 Å². The number of nitrogens with zero attached hydrogens (tertiary/aromatic N) is 1. The first kappa shape index (κ1) is 18.1. The monoisotopic (exact) mass is 414 g/mol. The highest BCUT2D eigenvalue weighted by atomic mass is 79.9. The minimum atomic E-state index is -0.527. The van der Waals surface area contributed by atoms with E-state index in [2.05, 4.69) is 26.2 Å². The number of amides is 1. The number of hydrogen-bond acceptors (Lipinski definition) is 3. The average Bonchev–Trinajstić information content (AvgIpc) is 2.67. The molecule has 0 spiro atoms. The van der Waals surface area contributed by atoms with Gasteiger partial charge in [0.2, 0.25) is 0 Å². The molecule has 1 N–H and O–H groups in total. The van der Waals surface area contributed by atoms with Gasteiger partial charge in [0.05, 0.1) is 6.04 Å². The lowest BCUT2D eigenvalue weighted by Crippen LogP contribution is -2.33. The van der Waals surface area contributed by atoms with Crippen LogP contribution < -0.4 is 10.1 Å². The molecule has 1 heterocycles. The van der Waals surface area contributed by atoms with Crippen molar-refractivity contribution >= 4 is 21.8 Å². The first-order valence-corrected chi connectivity index (χ1v) is 8.75. The summed E-state index contributed by atoms with van der Waals surface area (Å²) < 4.78 is 19.7. The Balaban J connectivity index is 1.71. The van der Waals surface area contributed by atoms with Crippen molar-refractivity contribution in [2.24, 2.45) is 0 Å². The van der Waals surface area contributed by atoms with Gasteiger partial charge in [-0.05, 0) is 41.5 Å². The lowest BCUT2D eigenvalue weighted by atomic mass is 10.00. The van der Waals surface area contributed by atoms with Gasteiger partial charge in [-0.3, -0.25) is 9.78 Å². The van der Waals surface area contributed by atoms with Gasteiger partial charge in [-0.1, -0.05) is 46.3 Å². The molecular weight excluding hydrogens is 399 g/mol. The van der Waals surface area contributed by atoms with Crippen LogP contribution in [0.2, 0.25) is 0 Å². The molecule has 6 heteroatoms. The Bertz CT molecular complexity index is 836. The molecule has 0 saturated heterocycles. The van der Waals surface area contributed by atoms with E-state index in [4.69, 9.17) is 4.74 Å². The largest absolute Gasteiger partial charge is 0.481 e. The first-order valence-electron chi connectivity index (χ1n) is 7.95. The summed E-state index contributed by atoms with van der Waals surface area (Å²) in [7, 11) is 0. The van der Waals surface area contributed by atoms with Crippen LogP contribution in [0.3, 0.4) is 0 Å². The highest BCUT2D eigenvalue weighted by Gasteiger charge is 2.17. The van der Waals surface area contributed by atoms with Gasteiger partial charge in [-0.25, -0.2) is 4.39 Å². The summed E-state index contributed by atoms with van der Waals surface area (Å²) in [5, 5.41) is 2.93. The zero-order valence-electron chi connectivity index (χ0n) is 13.7. The van der Waals surface area contributed by atoms with Crippen LogP contribution in [0.25, 0.3) is 0 Å². The number of hydrogen-bond donors (Lipinski definition) is 1. The van der Waals surface area contributed by atoms with E-state index in [1.807, 2.05) is 42.5 Å². The Kier molecular flexibility index (Phi) is 5.96. The number of halogens is 2. The summed E-state index contributed by atoms with van der Waals surface area (Å²) in [5.41, 5.74) is 1.83. The summed E-state index contributed by atoms with van der Waals surface area (Å²) in [6.45, 7) is -0.285. The molecule has 0 saturated carbocycles. The van der Waals surface area contributed by atoms with Gasteiger partial charge in [0, 0.05) is 16.9 Å². The summed E-state index contributed by atoms with van der Waals surface area (Å²) in [6.07, 6.45) is 3.34. The molecule has 1 aromatic heterocycles. The molecule has 3 aromatic rings. The molecule has 1 unspecified atom stereocenters. The van der Waals surface area contributed by atoms with Crippen LogP contribution in [-0.2, 0) is 4.79 Å². The smallest absolute Gasteiger partial charge is 0.258 e. The Morgan fingerprint density at radius 1 is 1.08 bits per heavy atom. The fourth-order valence-corrected chi connectivity index (χ4v) is 2.83. The van der Waals surface area contributed by atoms with Gasteiger partial charge in [-0.15, -0.1) is 0 Å². The molecule has 0 aliphatic rings. The third kappa shape index (κ3) is 4.67. The molecule has 2 aromatic carbocycles. The molecule has 0 aliphatic carbocycles. The van der Waals surface area contributed by atoms with Gasteiger partial charge in [0.25, 0.3) is 5.91 Å². The second-order valence-electron chi connectivity index (χ2n) is 5.56. The molecule has 0 fully saturated rings. The number of ether oxygens (including phenoxy) is 1. The predicted octanol–water partition coefficient (Wildman–Crippen LogP) is 4.27. The molecule has 0 aliphatic heterocycles. The van der Waals surface area contributed by atoms with E-state index in [1.165, 1.54) is 12.1 Å². The summed E-state index contributed by atoms with van der Waals surface area (Å²) in [5.74, 6) is -0.845. The molecule has 132 valence electrons. The number of aromatic nitrogens is 1.